The normalized spacial score (nSPS) is 18.4. The molecule has 24 heavy (non-hydrogen) atoms. The van der Waals surface area contributed by atoms with E-state index in [2.05, 4.69) is 4.74 Å². The average Bonchev–Trinajstić information content (AvgIpc) is 2.45. The summed E-state index contributed by atoms with van der Waals surface area (Å²) in [5.41, 5.74) is 5.31. The quantitative estimate of drug-likeness (QED) is 0.829. The van der Waals surface area contributed by atoms with Gasteiger partial charge in [0.15, 0.2) is 0 Å². The van der Waals surface area contributed by atoms with E-state index < -0.39 is 29.7 Å². The average molecular weight is 356 g/mol. The van der Waals surface area contributed by atoms with Crippen molar-refractivity contribution < 1.29 is 35.9 Å². The molecule has 0 bridgehead atoms. The fourth-order valence-electron chi connectivity index (χ4n) is 2.58. The molecule has 0 unspecified atom stereocenters. The molecule has 1 aromatic carbocycles. The number of benzene rings is 1. The highest BCUT2D eigenvalue weighted by Gasteiger charge is 2.45. The van der Waals surface area contributed by atoms with E-state index in [9.17, 15) is 31.1 Å². The molecule has 0 radical (unpaired) electrons. The molecule has 4 nitrogen and oxygen atoms in total. The van der Waals surface area contributed by atoms with Gasteiger partial charge in [0.25, 0.3) is 0 Å². The van der Waals surface area contributed by atoms with Crippen molar-refractivity contribution in [2.75, 3.05) is 13.1 Å². The SMILES string of the molecule is NC1(c2cccc(OC(F)(F)F)c2)CCN(C(=O)C(F)(F)F)CC1. The highest BCUT2D eigenvalue weighted by molar-refractivity contribution is 5.82. The number of nitrogens with two attached hydrogens (primary N) is 1. The first-order valence-corrected chi connectivity index (χ1v) is 6.92. The van der Waals surface area contributed by atoms with E-state index in [1.165, 1.54) is 12.1 Å². The highest BCUT2D eigenvalue weighted by atomic mass is 19.4. The molecule has 0 aromatic heterocycles. The minimum absolute atomic E-state index is 0.00963. The molecule has 1 aliphatic heterocycles. The van der Waals surface area contributed by atoms with E-state index in [-0.39, 0.29) is 25.9 Å². The van der Waals surface area contributed by atoms with Crippen LogP contribution in [0.2, 0.25) is 0 Å². The lowest BCUT2D eigenvalue weighted by Gasteiger charge is -2.39. The molecule has 1 amide bonds. The van der Waals surface area contributed by atoms with E-state index in [0.29, 0.717) is 10.5 Å². The smallest absolute Gasteiger partial charge is 0.406 e. The Morgan fingerprint density at radius 1 is 1.12 bits per heavy atom. The van der Waals surface area contributed by atoms with Crippen LogP contribution in [0.1, 0.15) is 18.4 Å². The van der Waals surface area contributed by atoms with Crippen molar-refractivity contribution in [3.05, 3.63) is 29.8 Å². The van der Waals surface area contributed by atoms with Gasteiger partial charge >= 0.3 is 18.4 Å². The van der Waals surface area contributed by atoms with Crippen molar-refractivity contribution in [2.45, 2.75) is 30.9 Å². The third-order valence-electron chi connectivity index (χ3n) is 3.83. The number of piperidine rings is 1. The Morgan fingerprint density at radius 2 is 1.71 bits per heavy atom. The molecule has 0 atom stereocenters. The summed E-state index contributed by atoms with van der Waals surface area (Å²) >= 11 is 0. The van der Waals surface area contributed by atoms with E-state index in [1.807, 2.05) is 0 Å². The first-order chi connectivity index (χ1) is 10.9. The van der Waals surface area contributed by atoms with Crippen LogP contribution in [0.25, 0.3) is 0 Å². The molecular formula is C14H14F6N2O2. The zero-order chi connectivity index (χ0) is 18.2. The van der Waals surface area contributed by atoms with Crippen LogP contribution in [0.15, 0.2) is 24.3 Å². The fourth-order valence-corrected chi connectivity index (χ4v) is 2.58. The standard InChI is InChI=1S/C14H14F6N2O2/c15-13(16,17)11(23)22-6-4-12(21,5-7-22)9-2-1-3-10(8-9)24-14(18,19)20/h1-3,8H,4-7,21H2. The van der Waals surface area contributed by atoms with Crippen LogP contribution >= 0.6 is 0 Å². The van der Waals surface area contributed by atoms with Crippen LogP contribution in [0, 0.1) is 0 Å². The maximum atomic E-state index is 12.4. The number of likely N-dealkylation sites (tertiary alicyclic amines) is 1. The number of halogens is 6. The molecule has 10 heteroatoms. The first-order valence-electron chi connectivity index (χ1n) is 6.92. The van der Waals surface area contributed by atoms with Gasteiger partial charge in [-0.25, -0.2) is 0 Å². The number of carbonyl (C=O) groups excluding carboxylic acids is 1. The molecule has 0 aliphatic carbocycles. The molecule has 1 saturated heterocycles. The third kappa shape index (κ3) is 4.31. The lowest BCUT2D eigenvalue weighted by molar-refractivity contribution is -0.274. The Morgan fingerprint density at radius 3 is 2.21 bits per heavy atom. The van der Waals surface area contributed by atoms with Crippen molar-refractivity contribution in [1.82, 2.24) is 4.90 Å². The Balaban J connectivity index is 2.11. The second-order valence-corrected chi connectivity index (χ2v) is 5.52. The molecule has 1 fully saturated rings. The summed E-state index contributed by atoms with van der Waals surface area (Å²) in [4.78, 5) is 11.8. The fraction of sp³-hybridized carbons (Fsp3) is 0.500. The van der Waals surface area contributed by atoms with Gasteiger partial charge < -0.3 is 15.4 Å². The third-order valence-corrected chi connectivity index (χ3v) is 3.83. The Kier molecular flexibility index (Phi) is 4.71. The van der Waals surface area contributed by atoms with E-state index in [4.69, 9.17) is 5.73 Å². The summed E-state index contributed by atoms with van der Waals surface area (Å²) in [6.45, 7) is -0.474. The van der Waals surface area contributed by atoms with Crippen LogP contribution < -0.4 is 10.5 Å². The summed E-state index contributed by atoms with van der Waals surface area (Å²) in [6, 6.07) is 5.00. The van der Waals surface area contributed by atoms with Crippen molar-refractivity contribution in [1.29, 1.82) is 0 Å². The van der Waals surface area contributed by atoms with Gasteiger partial charge in [-0.1, -0.05) is 12.1 Å². The number of nitrogens with zero attached hydrogens (tertiary/aromatic N) is 1. The first kappa shape index (κ1) is 18.4. The number of alkyl halides is 6. The maximum Gasteiger partial charge on any atom is 0.573 e. The lowest BCUT2D eigenvalue weighted by Crippen LogP contribution is -2.52. The van der Waals surface area contributed by atoms with Crippen molar-refractivity contribution >= 4 is 5.91 Å². The van der Waals surface area contributed by atoms with Gasteiger partial charge in [0, 0.05) is 18.6 Å². The van der Waals surface area contributed by atoms with E-state index in [1.54, 1.807) is 0 Å². The van der Waals surface area contributed by atoms with Gasteiger partial charge in [-0.3, -0.25) is 4.79 Å². The number of hydrogen-bond donors (Lipinski definition) is 1. The largest absolute Gasteiger partial charge is 0.573 e. The minimum atomic E-state index is -4.96. The molecule has 2 rings (SSSR count). The zero-order valence-electron chi connectivity index (χ0n) is 12.2. The van der Waals surface area contributed by atoms with E-state index >= 15 is 0 Å². The number of rotatable bonds is 2. The summed E-state index contributed by atoms with van der Waals surface area (Å²) in [5, 5.41) is 0. The van der Waals surface area contributed by atoms with E-state index in [0.717, 1.165) is 12.1 Å². The summed E-state index contributed by atoms with van der Waals surface area (Å²) in [6.07, 6.45) is -9.84. The number of amides is 1. The lowest BCUT2D eigenvalue weighted by atomic mass is 9.82. The van der Waals surface area contributed by atoms with Crippen molar-refractivity contribution in [3.63, 3.8) is 0 Å². The molecule has 1 aliphatic rings. The van der Waals surface area contributed by atoms with Gasteiger partial charge in [0.1, 0.15) is 5.75 Å². The predicted molar refractivity (Wildman–Crippen MR) is 70.9 cm³/mol. The van der Waals surface area contributed by atoms with Gasteiger partial charge in [-0.15, -0.1) is 13.2 Å². The van der Waals surface area contributed by atoms with Crippen molar-refractivity contribution in [3.8, 4) is 5.75 Å². The van der Waals surface area contributed by atoms with Crippen LogP contribution in [0.4, 0.5) is 26.3 Å². The molecule has 134 valence electrons. The van der Waals surface area contributed by atoms with Crippen molar-refractivity contribution in [2.24, 2.45) is 5.73 Å². The maximum absolute atomic E-state index is 12.4. The Labute approximate surface area is 133 Å². The molecular weight excluding hydrogens is 342 g/mol. The van der Waals surface area contributed by atoms with Gasteiger partial charge in [-0.2, -0.15) is 13.2 Å². The minimum Gasteiger partial charge on any atom is -0.406 e. The summed E-state index contributed by atoms with van der Waals surface area (Å²) < 4.78 is 77.8. The van der Waals surface area contributed by atoms with Gasteiger partial charge in [0.05, 0.1) is 0 Å². The number of carbonyl (C=O) groups is 1. The second-order valence-electron chi connectivity index (χ2n) is 5.52. The van der Waals surface area contributed by atoms with Gasteiger partial charge in [-0.05, 0) is 30.5 Å². The highest BCUT2D eigenvalue weighted by Crippen LogP contribution is 2.34. The number of ether oxygens (including phenoxy) is 1. The topological polar surface area (TPSA) is 55.6 Å². The summed E-state index contributed by atoms with van der Waals surface area (Å²) in [5.74, 6) is -2.41. The molecule has 1 heterocycles. The number of hydrogen-bond acceptors (Lipinski definition) is 3. The molecule has 0 saturated carbocycles. The Bertz CT molecular complexity index is 606. The van der Waals surface area contributed by atoms with Gasteiger partial charge in [0.2, 0.25) is 0 Å². The molecule has 2 N–H and O–H groups in total. The summed E-state index contributed by atoms with van der Waals surface area (Å²) in [7, 11) is 0. The van der Waals surface area contributed by atoms with Crippen LogP contribution in [0.5, 0.6) is 5.75 Å². The van der Waals surface area contributed by atoms with Crippen LogP contribution in [0.3, 0.4) is 0 Å². The van der Waals surface area contributed by atoms with Crippen LogP contribution in [-0.4, -0.2) is 36.4 Å². The monoisotopic (exact) mass is 356 g/mol. The Hall–Kier alpha value is -1.97. The molecule has 1 aromatic rings. The zero-order valence-corrected chi connectivity index (χ0v) is 12.2. The predicted octanol–water partition coefficient (Wildman–Crippen LogP) is 2.92. The second kappa shape index (κ2) is 6.15. The molecule has 0 spiro atoms. The van der Waals surface area contributed by atoms with Crippen LogP contribution in [-0.2, 0) is 10.3 Å².